The van der Waals surface area contributed by atoms with Crippen LogP contribution in [0.4, 0.5) is 10.1 Å². The maximum absolute atomic E-state index is 14.0. The number of ether oxygens (including phenoxy) is 1. The van der Waals surface area contributed by atoms with Crippen LogP contribution >= 0.6 is 0 Å². The Hall–Kier alpha value is -2.89. The van der Waals surface area contributed by atoms with Crippen LogP contribution in [0.5, 0.6) is 0 Å². The molecule has 118 valence electrons. The number of allylic oxidation sites excluding steroid dienone is 1. The summed E-state index contributed by atoms with van der Waals surface area (Å²) in [6, 6.07) is 6.66. The molecule has 0 saturated carbocycles. The lowest BCUT2D eigenvalue weighted by Gasteiger charge is -2.16. The molecule has 2 heterocycles. The summed E-state index contributed by atoms with van der Waals surface area (Å²) in [4.78, 5) is 0. The Balaban J connectivity index is 1.95. The minimum atomic E-state index is -0.268. The lowest BCUT2D eigenvalue weighted by atomic mass is 9.99. The molecule has 6 heteroatoms. The zero-order chi connectivity index (χ0) is 16.2. The summed E-state index contributed by atoms with van der Waals surface area (Å²) in [6.07, 6.45) is 7.24. The van der Waals surface area contributed by atoms with Gasteiger partial charge in [0.05, 0.1) is 11.9 Å². The normalized spacial score (nSPS) is 18.0. The second kappa shape index (κ2) is 6.48. The Morgan fingerprint density at radius 2 is 2.22 bits per heavy atom. The van der Waals surface area contributed by atoms with Crippen molar-refractivity contribution in [3.8, 4) is 0 Å². The van der Waals surface area contributed by atoms with Gasteiger partial charge in [0.25, 0.3) is 0 Å². The molecule has 5 nitrogen and oxygen atoms in total. The standard InChI is InChI=1S/C17H17FN4O/c1-12(14-6-3-4-8-16(14)18)15-7-5-9-23-17(15)21-20-13-10-19-22(2)11-13/h3-8,10-11,20H,9H2,1-2H3. The molecule has 1 aliphatic rings. The number of nitrogens with one attached hydrogen (secondary N) is 1. The summed E-state index contributed by atoms with van der Waals surface area (Å²) in [5.41, 5.74) is 5.71. The fourth-order valence-electron chi connectivity index (χ4n) is 2.32. The monoisotopic (exact) mass is 312 g/mol. The fourth-order valence-corrected chi connectivity index (χ4v) is 2.32. The first-order valence-electron chi connectivity index (χ1n) is 7.23. The molecule has 0 aliphatic carbocycles. The van der Waals surface area contributed by atoms with E-state index >= 15 is 0 Å². The summed E-state index contributed by atoms with van der Waals surface area (Å²) in [5.74, 6) is 0.160. The van der Waals surface area contributed by atoms with E-state index in [4.69, 9.17) is 4.74 Å². The molecule has 1 aliphatic heterocycles. The van der Waals surface area contributed by atoms with Crippen LogP contribution in [-0.4, -0.2) is 22.3 Å². The van der Waals surface area contributed by atoms with Gasteiger partial charge in [0.15, 0.2) is 0 Å². The average Bonchev–Trinajstić information content (AvgIpc) is 2.98. The summed E-state index contributed by atoms with van der Waals surface area (Å²) >= 11 is 0. The number of halogens is 1. The molecule has 23 heavy (non-hydrogen) atoms. The second-order valence-electron chi connectivity index (χ2n) is 5.16. The number of aryl methyl sites for hydroxylation is 1. The number of nitrogens with zero attached hydrogens (tertiary/aromatic N) is 3. The lowest BCUT2D eigenvalue weighted by Crippen LogP contribution is -2.15. The molecule has 2 aromatic rings. The third kappa shape index (κ3) is 3.31. The predicted octanol–water partition coefficient (Wildman–Crippen LogP) is 3.34. The molecule has 0 fully saturated rings. The van der Waals surface area contributed by atoms with Gasteiger partial charge in [-0.15, -0.1) is 5.10 Å². The van der Waals surface area contributed by atoms with Gasteiger partial charge in [-0.1, -0.05) is 18.2 Å². The number of aromatic nitrogens is 2. The Morgan fingerprint density at radius 3 is 2.96 bits per heavy atom. The average molecular weight is 312 g/mol. The molecule has 0 atom stereocenters. The van der Waals surface area contributed by atoms with Gasteiger partial charge in [-0.25, -0.2) is 4.39 Å². The van der Waals surface area contributed by atoms with Gasteiger partial charge in [0.1, 0.15) is 12.4 Å². The van der Waals surface area contributed by atoms with Crippen molar-refractivity contribution in [1.82, 2.24) is 9.78 Å². The van der Waals surface area contributed by atoms with Crippen molar-refractivity contribution in [1.29, 1.82) is 0 Å². The van der Waals surface area contributed by atoms with Crippen molar-refractivity contribution in [2.45, 2.75) is 6.92 Å². The fraction of sp³-hybridized carbons (Fsp3) is 0.176. The van der Waals surface area contributed by atoms with E-state index in [0.717, 1.165) is 16.8 Å². The van der Waals surface area contributed by atoms with E-state index in [1.54, 1.807) is 35.3 Å². The zero-order valence-electron chi connectivity index (χ0n) is 13.0. The summed E-state index contributed by atoms with van der Waals surface area (Å²) in [7, 11) is 1.83. The van der Waals surface area contributed by atoms with E-state index in [1.807, 2.05) is 26.1 Å². The van der Waals surface area contributed by atoms with Crippen LogP contribution in [-0.2, 0) is 11.8 Å². The minimum absolute atomic E-state index is 0.268. The molecule has 0 unspecified atom stereocenters. The maximum atomic E-state index is 14.0. The van der Waals surface area contributed by atoms with Crippen LogP contribution in [0.3, 0.4) is 0 Å². The molecule has 3 rings (SSSR count). The first-order chi connectivity index (χ1) is 11.1. The van der Waals surface area contributed by atoms with Crippen molar-refractivity contribution in [3.63, 3.8) is 0 Å². The Morgan fingerprint density at radius 1 is 1.39 bits per heavy atom. The van der Waals surface area contributed by atoms with Crippen LogP contribution in [0.1, 0.15) is 12.5 Å². The Labute approximate surface area is 133 Å². The number of hydrogen-bond acceptors (Lipinski definition) is 4. The van der Waals surface area contributed by atoms with Gasteiger partial charge in [-0.3, -0.25) is 10.1 Å². The Bertz CT molecular complexity index is 804. The highest BCUT2D eigenvalue weighted by atomic mass is 19.1. The van der Waals surface area contributed by atoms with E-state index in [-0.39, 0.29) is 5.82 Å². The summed E-state index contributed by atoms with van der Waals surface area (Å²) in [6.45, 7) is 2.29. The van der Waals surface area contributed by atoms with E-state index in [1.165, 1.54) is 6.07 Å². The van der Waals surface area contributed by atoms with Crippen LogP contribution in [0.15, 0.2) is 59.5 Å². The Kier molecular flexibility index (Phi) is 4.23. The molecule has 1 N–H and O–H groups in total. The van der Waals surface area contributed by atoms with Crippen molar-refractivity contribution in [3.05, 3.63) is 65.8 Å². The molecular weight excluding hydrogens is 295 g/mol. The van der Waals surface area contributed by atoms with Crippen molar-refractivity contribution < 1.29 is 9.13 Å². The summed E-state index contributed by atoms with van der Waals surface area (Å²) < 4.78 is 21.3. The molecule has 0 spiro atoms. The SMILES string of the molecule is CC(=C1C=CCOC1=NNc1cnn(C)c1)c1ccccc1F. The molecule has 0 bridgehead atoms. The molecule has 0 amide bonds. The molecule has 1 aromatic carbocycles. The molecular formula is C17H17FN4O. The van der Waals surface area contributed by atoms with Crippen LogP contribution < -0.4 is 5.43 Å². The maximum Gasteiger partial charge on any atom is 0.238 e. The van der Waals surface area contributed by atoms with Crippen LogP contribution in [0, 0.1) is 5.82 Å². The number of rotatable bonds is 3. The van der Waals surface area contributed by atoms with Gasteiger partial charge >= 0.3 is 0 Å². The highest BCUT2D eigenvalue weighted by molar-refractivity contribution is 6.04. The highest BCUT2D eigenvalue weighted by Crippen LogP contribution is 2.25. The number of anilines is 1. The summed E-state index contributed by atoms with van der Waals surface area (Å²) in [5, 5.41) is 8.35. The van der Waals surface area contributed by atoms with E-state index < -0.39 is 0 Å². The first kappa shape index (κ1) is 15.0. The number of benzene rings is 1. The molecule has 0 radical (unpaired) electrons. The van der Waals surface area contributed by atoms with Crippen LogP contribution in [0.25, 0.3) is 5.57 Å². The smallest absolute Gasteiger partial charge is 0.238 e. The highest BCUT2D eigenvalue weighted by Gasteiger charge is 2.16. The quantitative estimate of drug-likeness (QED) is 0.884. The van der Waals surface area contributed by atoms with Gasteiger partial charge in [-0.05, 0) is 30.7 Å². The van der Waals surface area contributed by atoms with Gasteiger partial charge in [0.2, 0.25) is 5.90 Å². The molecule has 0 saturated heterocycles. The van der Waals surface area contributed by atoms with E-state index in [2.05, 4.69) is 15.6 Å². The van der Waals surface area contributed by atoms with E-state index in [0.29, 0.717) is 18.1 Å². The van der Waals surface area contributed by atoms with Crippen molar-refractivity contribution in [2.24, 2.45) is 12.1 Å². The predicted molar refractivity (Wildman–Crippen MR) is 88.4 cm³/mol. The van der Waals surface area contributed by atoms with Crippen molar-refractivity contribution >= 4 is 17.2 Å². The number of hydrogen-bond donors (Lipinski definition) is 1. The largest absolute Gasteiger partial charge is 0.472 e. The van der Waals surface area contributed by atoms with E-state index in [9.17, 15) is 4.39 Å². The van der Waals surface area contributed by atoms with Gasteiger partial charge < -0.3 is 4.74 Å². The van der Waals surface area contributed by atoms with Crippen LogP contribution in [0.2, 0.25) is 0 Å². The first-order valence-corrected chi connectivity index (χ1v) is 7.23. The topological polar surface area (TPSA) is 51.4 Å². The zero-order valence-corrected chi connectivity index (χ0v) is 13.0. The lowest BCUT2D eigenvalue weighted by molar-refractivity contribution is 0.346. The third-order valence-electron chi connectivity index (χ3n) is 3.50. The second-order valence-corrected chi connectivity index (χ2v) is 5.16. The minimum Gasteiger partial charge on any atom is -0.472 e. The van der Waals surface area contributed by atoms with Gasteiger partial charge in [0, 0.05) is 24.4 Å². The van der Waals surface area contributed by atoms with Crippen molar-refractivity contribution in [2.75, 3.05) is 12.0 Å². The number of hydrazone groups is 1. The molecule has 1 aromatic heterocycles. The van der Waals surface area contributed by atoms with Gasteiger partial charge in [-0.2, -0.15) is 5.10 Å². The third-order valence-corrected chi connectivity index (χ3v) is 3.50.